The lowest BCUT2D eigenvalue weighted by molar-refractivity contribution is -0.121. The summed E-state index contributed by atoms with van der Waals surface area (Å²) >= 11 is 0. The van der Waals surface area contributed by atoms with E-state index < -0.39 is 11.9 Å². The Kier molecular flexibility index (Phi) is 3.47. The molecule has 6 heteroatoms. The molecule has 0 saturated carbocycles. The van der Waals surface area contributed by atoms with Crippen LogP contribution in [0.3, 0.4) is 0 Å². The normalized spacial score (nSPS) is 17.1. The van der Waals surface area contributed by atoms with E-state index in [-0.39, 0.29) is 12.6 Å². The Morgan fingerprint density at radius 3 is 2.94 bits per heavy atom. The van der Waals surface area contributed by atoms with Gasteiger partial charge in [-0.1, -0.05) is 6.07 Å². The summed E-state index contributed by atoms with van der Waals surface area (Å²) in [5.41, 5.74) is 13.0. The number of carbonyl (C=O) groups is 2. The minimum absolute atomic E-state index is 0.0900. The van der Waals surface area contributed by atoms with Crippen molar-refractivity contribution in [3.63, 3.8) is 0 Å². The van der Waals surface area contributed by atoms with Crippen molar-refractivity contribution in [1.82, 2.24) is 5.32 Å². The molecule has 1 aromatic carbocycles. The molecule has 0 bridgehead atoms. The number of imide groups is 1. The summed E-state index contributed by atoms with van der Waals surface area (Å²) in [6.45, 7) is -0.242. The number of hydrogen-bond acceptors (Lipinski definition) is 4. The Hall–Kier alpha value is -2.08. The van der Waals surface area contributed by atoms with Crippen LogP contribution in [0.5, 0.6) is 5.75 Å². The molecule has 0 fully saturated rings. The fourth-order valence-corrected chi connectivity index (χ4v) is 2.04. The van der Waals surface area contributed by atoms with E-state index in [0.29, 0.717) is 5.75 Å². The maximum Gasteiger partial charge on any atom is 0.318 e. The van der Waals surface area contributed by atoms with Gasteiger partial charge in [0.2, 0.25) is 0 Å². The van der Waals surface area contributed by atoms with E-state index in [1.54, 1.807) is 6.07 Å². The minimum atomic E-state index is -0.886. The van der Waals surface area contributed by atoms with Gasteiger partial charge in [0, 0.05) is 6.04 Å². The number of carbonyl (C=O) groups excluding carboxylic acids is 2. The average molecular weight is 249 g/mol. The summed E-state index contributed by atoms with van der Waals surface area (Å²) in [4.78, 5) is 21.6. The van der Waals surface area contributed by atoms with Gasteiger partial charge in [-0.2, -0.15) is 0 Å². The molecule has 6 nitrogen and oxygen atoms in total. The summed E-state index contributed by atoms with van der Waals surface area (Å²) in [6.07, 6.45) is 1.85. The standard InChI is InChI=1S/C12H15N3O3/c13-10-4-1-7-5-8(2-3-9(7)10)18-6-11(16)15-12(14)17/h2-3,5,10H,1,4,6,13H2,(H3,14,15,16,17)/t10-/m1/s1. The van der Waals surface area contributed by atoms with Gasteiger partial charge in [-0.05, 0) is 36.1 Å². The molecule has 0 heterocycles. The summed E-state index contributed by atoms with van der Waals surface area (Å²) in [5, 5.41) is 1.93. The van der Waals surface area contributed by atoms with Gasteiger partial charge in [-0.15, -0.1) is 0 Å². The molecule has 0 unspecified atom stereocenters. The molecule has 0 radical (unpaired) electrons. The first-order chi connectivity index (χ1) is 8.56. The molecule has 3 amide bonds. The number of rotatable bonds is 3. The van der Waals surface area contributed by atoms with E-state index >= 15 is 0 Å². The molecule has 96 valence electrons. The Bertz CT molecular complexity index is 487. The predicted molar refractivity (Wildman–Crippen MR) is 64.9 cm³/mol. The van der Waals surface area contributed by atoms with Crippen LogP contribution < -0.4 is 21.5 Å². The number of fused-ring (bicyclic) bond motifs is 1. The molecule has 2 rings (SSSR count). The van der Waals surface area contributed by atoms with Crippen molar-refractivity contribution in [2.75, 3.05) is 6.61 Å². The van der Waals surface area contributed by atoms with E-state index in [1.165, 1.54) is 0 Å². The first kappa shape index (κ1) is 12.4. The number of hydrogen-bond donors (Lipinski definition) is 3. The fourth-order valence-electron chi connectivity index (χ4n) is 2.04. The highest BCUT2D eigenvalue weighted by Gasteiger charge is 2.19. The minimum Gasteiger partial charge on any atom is -0.484 e. The molecule has 18 heavy (non-hydrogen) atoms. The maximum atomic E-state index is 11.2. The molecule has 1 aliphatic rings. The van der Waals surface area contributed by atoms with Gasteiger partial charge in [-0.3, -0.25) is 10.1 Å². The number of amides is 3. The van der Waals surface area contributed by atoms with Crippen LogP contribution in [0.1, 0.15) is 23.6 Å². The van der Waals surface area contributed by atoms with Crippen molar-refractivity contribution in [3.05, 3.63) is 29.3 Å². The topological polar surface area (TPSA) is 107 Å². The number of nitrogens with two attached hydrogens (primary N) is 2. The van der Waals surface area contributed by atoms with E-state index in [9.17, 15) is 9.59 Å². The van der Waals surface area contributed by atoms with Crippen LogP contribution in [-0.4, -0.2) is 18.5 Å². The molecular formula is C12H15N3O3. The van der Waals surface area contributed by atoms with Gasteiger partial charge in [0.05, 0.1) is 0 Å². The second-order valence-electron chi connectivity index (χ2n) is 4.21. The van der Waals surface area contributed by atoms with Gasteiger partial charge < -0.3 is 16.2 Å². The highest BCUT2D eigenvalue weighted by atomic mass is 16.5. The lowest BCUT2D eigenvalue weighted by Crippen LogP contribution is -2.38. The Morgan fingerprint density at radius 2 is 2.22 bits per heavy atom. The Balaban J connectivity index is 1.95. The zero-order chi connectivity index (χ0) is 13.1. The van der Waals surface area contributed by atoms with Gasteiger partial charge in [0.25, 0.3) is 5.91 Å². The third-order valence-corrected chi connectivity index (χ3v) is 2.87. The zero-order valence-electron chi connectivity index (χ0n) is 9.81. The van der Waals surface area contributed by atoms with E-state index in [4.69, 9.17) is 16.2 Å². The smallest absolute Gasteiger partial charge is 0.318 e. The number of benzene rings is 1. The molecular weight excluding hydrogens is 234 g/mol. The molecule has 0 aromatic heterocycles. The van der Waals surface area contributed by atoms with E-state index in [0.717, 1.165) is 24.0 Å². The Morgan fingerprint density at radius 1 is 1.44 bits per heavy atom. The van der Waals surface area contributed by atoms with Crippen LogP contribution in [0.25, 0.3) is 0 Å². The van der Waals surface area contributed by atoms with Crippen LogP contribution >= 0.6 is 0 Å². The molecule has 5 N–H and O–H groups in total. The average Bonchev–Trinajstić information content (AvgIpc) is 2.67. The van der Waals surface area contributed by atoms with Crippen LogP contribution in [0.15, 0.2) is 18.2 Å². The van der Waals surface area contributed by atoms with Crippen LogP contribution in [0.4, 0.5) is 4.79 Å². The van der Waals surface area contributed by atoms with Crippen LogP contribution in [0, 0.1) is 0 Å². The van der Waals surface area contributed by atoms with Crippen molar-refractivity contribution >= 4 is 11.9 Å². The first-order valence-electron chi connectivity index (χ1n) is 5.67. The van der Waals surface area contributed by atoms with E-state index in [1.807, 2.05) is 17.4 Å². The largest absolute Gasteiger partial charge is 0.484 e. The molecule has 0 saturated heterocycles. The van der Waals surface area contributed by atoms with Crippen molar-refractivity contribution in [3.8, 4) is 5.75 Å². The monoisotopic (exact) mass is 249 g/mol. The SMILES string of the molecule is NC(=O)NC(=O)COc1ccc2c(c1)CC[C@H]2N. The Labute approximate surface area is 104 Å². The number of nitrogens with one attached hydrogen (secondary N) is 1. The van der Waals surface area contributed by atoms with Crippen molar-refractivity contribution < 1.29 is 14.3 Å². The zero-order valence-corrected chi connectivity index (χ0v) is 9.81. The van der Waals surface area contributed by atoms with Gasteiger partial charge in [-0.25, -0.2) is 4.79 Å². The number of aryl methyl sites for hydroxylation is 1. The lowest BCUT2D eigenvalue weighted by Gasteiger charge is -2.08. The summed E-state index contributed by atoms with van der Waals surface area (Å²) in [6, 6.07) is 4.76. The summed E-state index contributed by atoms with van der Waals surface area (Å²) < 4.78 is 5.27. The van der Waals surface area contributed by atoms with Crippen molar-refractivity contribution in [2.24, 2.45) is 11.5 Å². The maximum absolute atomic E-state index is 11.2. The lowest BCUT2D eigenvalue weighted by atomic mass is 10.1. The molecule has 0 aliphatic heterocycles. The van der Waals surface area contributed by atoms with E-state index in [2.05, 4.69) is 0 Å². The quantitative estimate of drug-likeness (QED) is 0.711. The number of urea groups is 1. The predicted octanol–water partition coefficient (Wildman–Crippen LogP) is 0.206. The van der Waals surface area contributed by atoms with Gasteiger partial charge >= 0.3 is 6.03 Å². The molecule has 0 spiro atoms. The molecule has 1 atom stereocenters. The number of primary amides is 1. The molecule has 1 aromatic rings. The summed E-state index contributed by atoms with van der Waals surface area (Å²) in [5.74, 6) is 0.0159. The summed E-state index contributed by atoms with van der Waals surface area (Å²) in [7, 11) is 0. The first-order valence-corrected chi connectivity index (χ1v) is 5.67. The van der Waals surface area contributed by atoms with Gasteiger partial charge in [0.1, 0.15) is 5.75 Å². The third-order valence-electron chi connectivity index (χ3n) is 2.87. The van der Waals surface area contributed by atoms with Crippen LogP contribution in [-0.2, 0) is 11.2 Å². The van der Waals surface area contributed by atoms with Crippen molar-refractivity contribution in [1.29, 1.82) is 0 Å². The highest BCUT2D eigenvalue weighted by molar-refractivity contribution is 5.94. The van der Waals surface area contributed by atoms with Crippen LogP contribution in [0.2, 0.25) is 0 Å². The van der Waals surface area contributed by atoms with Crippen molar-refractivity contribution in [2.45, 2.75) is 18.9 Å². The molecule has 1 aliphatic carbocycles. The highest BCUT2D eigenvalue weighted by Crippen LogP contribution is 2.31. The fraction of sp³-hybridized carbons (Fsp3) is 0.333. The number of ether oxygens (including phenoxy) is 1. The third kappa shape index (κ3) is 2.78. The second-order valence-corrected chi connectivity index (χ2v) is 4.21. The second kappa shape index (κ2) is 5.05. The van der Waals surface area contributed by atoms with Gasteiger partial charge in [0.15, 0.2) is 6.61 Å².